The summed E-state index contributed by atoms with van der Waals surface area (Å²) >= 11 is 1.42. The fraction of sp³-hybridized carbons (Fsp3) is 0. The molecule has 0 atom stereocenters. The lowest BCUT2D eigenvalue weighted by Gasteiger charge is -1.88. The van der Waals surface area contributed by atoms with Crippen molar-refractivity contribution in [2.75, 3.05) is 0 Å². The number of nitrogens with zero attached hydrogens (tertiary/aromatic N) is 2. The van der Waals surface area contributed by atoms with E-state index in [0.29, 0.717) is 0 Å². The lowest BCUT2D eigenvalue weighted by molar-refractivity contribution is 0.971. The third-order valence-corrected chi connectivity index (χ3v) is 1.32. The molecule has 1 aromatic heterocycles. The van der Waals surface area contributed by atoms with E-state index in [4.69, 9.17) is 0 Å². The van der Waals surface area contributed by atoms with Crippen molar-refractivity contribution in [3.63, 3.8) is 0 Å². The van der Waals surface area contributed by atoms with Crippen LogP contribution < -0.4 is 0 Å². The molecule has 0 amide bonds. The third-order valence-electron chi connectivity index (χ3n) is 0.731. The molecule has 0 aliphatic rings. The van der Waals surface area contributed by atoms with E-state index in [9.17, 15) is 0 Å². The zero-order chi connectivity index (χ0) is 6.53. The Balaban J connectivity index is 2.72. The van der Waals surface area contributed by atoms with Crippen LogP contribution in [0.5, 0.6) is 0 Å². The Morgan fingerprint density at radius 3 is 2.67 bits per heavy atom. The van der Waals surface area contributed by atoms with Gasteiger partial charge in [-0.3, -0.25) is 0 Å². The predicted molar refractivity (Wildman–Crippen MR) is 38.1 cm³/mol. The second-order valence-corrected chi connectivity index (χ2v) is 2.25. The molecule has 9 heavy (non-hydrogen) atoms. The van der Waals surface area contributed by atoms with E-state index in [0.717, 1.165) is 5.16 Å². The number of hydrogen-bond acceptors (Lipinski definition) is 3. The van der Waals surface area contributed by atoms with Crippen molar-refractivity contribution in [2.24, 2.45) is 0 Å². The van der Waals surface area contributed by atoms with E-state index in [1.165, 1.54) is 11.8 Å². The Morgan fingerprint density at radius 1 is 1.44 bits per heavy atom. The Bertz CT molecular complexity index is 186. The highest BCUT2D eigenvalue weighted by atomic mass is 32.2. The van der Waals surface area contributed by atoms with E-state index >= 15 is 0 Å². The molecule has 0 aromatic carbocycles. The van der Waals surface area contributed by atoms with Gasteiger partial charge in [-0.15, -0.1) is 0 Å². The normalized spacial score (nSPS) is 8.89. The van der Waals surface area contributed by atoms with Gasteiger partial charge in [0.05, 0.1) is 0 Å². The molecule has 2 nitrogen and oxygen atoms in total. The zero-order valence-electron chi connectivity index (χ0n) is 4.82. The minimum absolute atomic E-state index is 0.743. The van der Waals surface area contributed by atoms with E-state index in [-0.39, 0.29) is 0 Å². The first-order valence-electron chi connectivity index (χ1n) is 2.48. The van der Waals surface area contributed by atoms with Crippen LogP contribution in [0.25, 0.3) is 0 Å². The molecular formula is C6H6N2S. The van der Waals surface area contributed by atoms with Crippen LogP contribution in [0.1, 0.15) is 0 Å². The monoisotopic (exact) mass is 138 g/mol. The molecule has 0 bridgehead atoms. The van der Waals surface area contributed by atoms with Crippen LogP contribution >= 0.6 is 11.8 Å². The molecule has 0 unspecified atom stereocenters. The SMILES string of the molecule is C=CSc1ncccn1. The van der Waals surface area contributed by atoms with Crippen molar-refractivity contribution in [3.05, 3.63) is 30.4 Å². The second kappa shape index (κ2) is 3.25. The molecule has 0 radical (unpaired) electrons. The highest BCUT2D eigenvalue weighted by molar-refractivity contribution is 8.01. The summed E-state index contributed by atoms with van der Waals surface area (Å²) in [6, 6.07) is 1.78. The first-order valence-corrected chi connectivity index (χ1v) is 3.36. The number of hydrogen-bond donors (Lipinski definition) is 0. The summed E-state index contributed by atoms with van der Waals surface area (Å²) in [5.41, 5.74) is 0. The minimum Gasteiger partial charge on any atom is -0.231 e. The van der Waals surface area contributed by atoms with Crippen molar-refractivity contribution in [1.29, 1.82) is 0 Å². The van der Waals surface area contributed by atoms with Gasteiger partial charge in [0.1, 0.15) is 0 Å². The van der Waals surface area contributed by atoms with Crippen LogP contribution in [0, 0.1) is 0 Å². The maximum Gasteiger partial charge on any atom is 0.191 e. The van der Waals surface area contributed by atoms with E-state index < -0.39 is 0 Å². The third kappa shape index (κ3) is 1.85. The van der Waals surface area contributed by atoms with Gasteiger partial charge in [-0.2, -0.15) is 0 Å². The molecule has 0 N–H and O–H groups in total. The Kier molecular flexibility index (Phi) is 2.27. The topological polar surface area (TPSA) is 25.8 Å². The molecular weight excluding hydrogens is 132 g/mol. The Hall–Kier alpha value is -0.830. The Labute approximate surface area is 58.0 Å². The summed E-state index contributed by atoms with van der Waals surface area (Å²) < 4.78 is 0. The van der Waals surface area contributed by atoms with Gasteiger partial charge >= 0.3 is 0 Å². The van der Waals surface area contributed by atoms with E-state index in [1.807, 2.05) is 0 Å². The Morgan fingerprint density at radius 2 is 2.11 bits per heavy atom. The first kappa shape index (κ1) is 6.29. The highest BCUT2D eigenvalue weighted by Gasteiger charge is 1.86. The summed E-state index contributed by atoms with van der Waals surface area (Å²) in [7, 11) is 0. The molecule has 46 valence electrons. The van der Waals surface area contributed by atoms with Gasteiger partial charge in [-0.05, 0) is 11.5 Å². The van der Waals surface area contributed by atoms with Gasteiger partial charge in [-0.25, -0.2) is 9.97 Å². The number of aromatic nitrogens is 2. The maximum atomic E-state index is 3.95. The van der Waals surface area contributed by atoms with Gasteiger partial charge in [-0.1, -0.05) is 18.3 Å². The summed E-state index contributed by atoms with van der Waals surface area (Å²) in [5, 5.41) is 2.45. The average Bonchev–Trinajstić information content (AvgIpc) is 1.91. The summed E-state index contributed by atoms with van der Waals surface area (Å²) in [5.74, 6) is 0. The standard InChI is InChI=1S/C6H6N2S/c1-2-9-6-7-4-3-5-8-6/h2-5H,1H2. The molecule has 0 aliphatic carbocycles. The maximum absolute atomic E-state index is 3.95. The van der Waals surface area contributed by atoms with Crippen molar-refractivity contribution >= 4 is 11.8 Å². The van der Waals surface area contributed by atoms with Crippen LogP contribution in [0.4, 0.5) is 0 Å². The fourth-order valence-electron chi connectivity index (χ4n) is 0.421. The van der Waals surface area contributed by atoms with Crippen molar-refractivity contribution in [1.82, 2.24) is 9.97 Å². The molecule has 0 saturated heterocycles. The lowest BCUT2D eigenvalue weighted by Crippen LogP contribution is -1.78. The van der Waals surface area contributed by atoms with Gasteiger partial charge < -0.3 is 0 Å². The molecule has 0 fully saturated rings. The van der Waals surface area contributed by atoms with Crippen LogP contribution in [0.3, 0.4) is 0 Å². The van der Waals surface area contributed by atoms with Crippen molar-refractivity contribution < 1.29 is 0 Å². The summed E-state index contributed by atoms with van der Waals surface area (Å²) in [4.78, 5) is 7.90. The van der Waals surface area contributed by atoms with Crippen LogP contribution in [0.2, 0.25) is 0 Å². The van der Waals surface area contributed by atoms with Gasteiger partial charge in [0.15, 0.2) is 5.16 Å². The van der Waals surface area contributed by atoms with Gasteiger partial charge in [0.25, 0.3) is 0 Å². The van der Waals surface area contributed by atoms with Gasteiger partial charge in [0.2, 0.25) is 0 Å². The smallest absolute Gasteiger partial charge is 0.191 e. The summed E-state index contributed by atoms with van der Waals surface area (Å²) in [6.45, 7) is 3.54. The second-order valence-electron chi connectivity index (χ2n) is 1.32. The van der Waals surface area contributed by atoms with Crippen LogP contribution in [0.15, 0.2) is 35.6 Å². The zero-order valence-corrected chi connectivity index (χ0v) is 5.64. The molecule has 3 heteroatoms. The van der Waals surface area contributed by atoms with Crippen molar-refractivity contribution in [2.45, 2.75) is 5.16 Å². The fourth-order valence-corrected chi connectivity index (χ4v) is 0.813. The van der Waals surface area contributed by atoms with Crippen molar-refractivity contribution in [3.8, 4) is 0 Å². The quantitative estimate of drug-likeness (QED) is 0.459. The van der Waals surface area contributed by atoms with E-state index in [2.05, 4.69) is 16.5 Å². The predicted octanol–water partition coefficient (Wildman–Crippen LogP) is 1.71. The molecule has 0 aliphatic heterocycles. The first-order chi connectivity index (χ1) is 4.43. The number of thioether (sulfide) groups is 1. The molecule has 1 aromatic rings. The lowest BCUT2D eigenvalue weighted by atomic mass is 10.7. The minimum atomic E-state index is 0.743. The summed E-state index contributed by atoms with van der Waals surface area (Å²) in [6.07, 6.45) is 3.41. The van der Waals surface area contributed by atoms with Crippen LogP contribution in [-0.2, 0) is 0 Å². The highest BCUT2D eigenvalue weighted by Crippen LogP contribution is 2.09. The molecule has 1 heterocycles. The molecule has 0 saturated carbocycles. The van der Waals surface area contributed by atoms with E-state index in [1.54, 1.807) is 23.9 Å². The molecule has 1 rings (SSSR count). The van der Waals surface area contributed by atoms with Crippen LogP contribution in [-0.4, -0.2) is 9.97 Å². The van der Waals surface area contributed by atoms with Gasteiger partial charge in [0, 0.05) is 12.4 Å². The average molecular weight is 138 g/mol. The molecule has 0 spiro atoms. The largest absolute Gasteiger partial charge is 0.231 e. The number of rotatable bonds is 2.